The smallest absolute Gasteiger partial charge is 0.338 e. The zero-order valence-corrected chi connectivity index (χ0v) is 14.4. The Morgan fingerprint density at radius 2 is 1.79 bits per heavy atom. The molecule has 0 atom stereocenters. The first-order valence-corrected chi connectivity index (χ1v) is 7.97. The molecule has 24 heavy (non-hydrogen) atoms. The highest BCUT2D eigenvalue weighted by Crippen LogP contribution is 2.25. The monoisotopic (exact) mass is 363 g/mol. The quantitative estimate of drug-likeness (QED) is 0.611. The van der Waals surface area contributed by atoms with E-state index in [0.29, 0.717) is 26.9 Å². The van der Waals surface area contributed by atoms with E-state index in [1.165, 1.54) is 12.2 Å². The van der Waals surface area contributed by atoms with Crippen molar-refractivity contribution in [3.63, 3.8) is 0 Å². The molecule has 0 spiro atoms. The first kappa shape index (κ1) is 18.0. The molecule has 4 nitrogen and oxygen atoms in total. The number of rotatable bonds is 5. The summed E-state index contributed by atoms with van der Waals surface area (Å²) < 4.78 is 4.92. The SMILES string of the molecule is CCOC(=O)c1cccc(NC(=O)C=Cc2c(Cl)cccc2Cl)c1. The number of nitrogens with one attached hydrogen (secondary N) is 1. The summed E-state index contributed by atoms with van der Waals surface area (Å²) in [5.41, 5.74) is 1.42. The molecule has 0 heterocycles. The molecule has 0 bridgehead atoms. The van der Waals surface area contributed by atoms with Gasteiger partial charge in [0.25, 0.3) is 0 Å². The van der Waals surface area contributed by atoms with Crippen LogP contribution in [-0.2, 0) is 9.53 Å². The minimum Gasteiger partial charge on any atom is -0.462 e. The molecule has 124 valence electrons. The number of benzene rings is 2. The van der Waals surface area contributed by atoms with E-state index in [2.05, 4.69) is 5.32 Å². The molecule has 2 rings (SSSR count). The van der Waals surface area contributed by atoms with Crippen molar-refractivity contribution in [1.82, 2.24) is 0 Å². The van der Waals surface area contributed by atoms with Crippen LogP contribution in [0.15, 0.2) is 48.5 Å². The Labute approximate surface area is 150 Å². The second-order valence-electron chi connectivity index (χ2n) is 4.76. The number of amides is 1. The van der Waals surface area contributed by atoms with Gasteiger partial charge < -0.3 is 10.1 Å². The van der Waals surface area contributed by atoms with E-state index in [9.17, 15) is 9.59 Å². The van der Waals surface area contributed by atoms with Crippen LogP contribution in [0.5, 0.6) is 0 Å². The molecule has 0 unspecified atom stereocenters. The van der Waals surface area contributed by atoms with E-state index in [1.54, 1.807) is 49.4 Å². The Morgan fingerprint density at radius 3 is 2.46 bits per heavy atom. The van der Waals surface area contributed by atoms with Gasteiger partial charge in [-0.15, -0.1) is 0 Å². The number of anilines is 1. The zero-order chi connectivity index (χ0) is 17.5. The molecular formula is C18H15Cl2NO3. The minimum absolute atomic E-state index is 0.288. The summed E-state index contributed by atoms with van der Waals surface area (Å²) >= 11 is 12.1. The molecule has 0 aliphatic carbocycles. The van der Waals surface area contributed by atoms with Gasteiger partial charge in [-0.2, -0.15) is 0 Å². The summed E-state index contributed by atoms with van der Waals surface area (Å²) in [5.74, 6) is -0.806. The van der Waals surface area contributed by atoms with Crippen molar-refractivity contribution in [3.05, 3.63) is 69.7 Å². The van der Waals surface area contributed by atoms with Crippen LogP contribution in [-0.4, -0.2) is 18.5 Å². The summed E-state index contributed by atoms with van der Waals surface area (Å²) in [6.45, 7) is 2.02. The molecule has 0 aromatic heterocycles. The third kappa shape index (κ3) is 4.85. The second-order valence-corrected chi connectivity index (χ2v) is 5.57. The first-order valence-electron chi connectivity index (χ1n) is 7.21. The Balaban J connectivity index is 2.09. The van der Waals surface area contributed by atoms with Gasteiger partial charge in [-0.3, -0.25) is 4.79 Å². The highest BCUT2D eigenvalue weighted by molar-refractivity contribution is 6.37. The van der Waals surface area contributed by atoms with Crippen LogP contribution >= 0.6 is 23.2 Å². The molecule has 6 heteroatoms. The molecule has 0 saturated carbocycles. The van der Waals surface area contributed by atoms with E-state index in [4.69, 9.17) is 27.9 Å². The van der Waals surface area contributed by atoms with Crippen LogP contribution in [0.2, 0.25) is 10.0 Å². The lowest BCUT2D eigenvalue weighted by molar-refractivity contribution is -0.111. The first-order chi connectivity index (χ1) is 11.5. The zero-order valence-electron chi connectivity index (χ0n) is 12.9. The number of hydrogen-bond donors (Lipinski definition) is 1. The average molecular weight is 364 g/mol. The molecule has 0 aliphatic rings. The van der Waals surface area contributed by atoms with Gasteiger partial charge in [-0.25, -0.2) is 4.79 Å². The largest absolute Gasteiger partial charge is 0.462 e. The number of halogens is 2. The van der Waals surface area contributed by atoms with Crippen molar-refractivity contribution >= 4 is 46.8 Å². The second kappa shape index (κ2) is 8.52. The van der Waals surface area contributed by atoms with E-state index in [1.807, 2.05) is 0 Å². The Kier molecular flexibility index (Phi) is 6.41. The van der Waals surface area contributed by atoms with Gasteiger partial charge in [0.1, 0.15) is 0 Å². The summed E-state index contributed by atoms with van der Waals surface area (Å²) in [4.78, 5) is 23.7. The lowest BCUT2D eigenvalue weighted by Crippen LogP contribution is -2.09. The Bertz CT molecular complexity index is 767. The van der Waals surface area contributed by atoms with Crippen molar-refractivity contribution < 1.29 is 14.3 Å². The maximum absolute atomic E-state index is 12.0. The highest BCUT2D eigenvalue weighted by Gasteiger charge is 2.08. The normalized spacial score (nSPS) is 10.6. The van der Waals surface area contributed by atoms with Gasteiger partial charge in [-0.05, 0) is 43.3 Å². The number of ether oxygens (including phenoxy) is 1. The van der Waals surface area contributed by atoms with Gasteiger partial charge in [0, 0.05) is 27.4 Å². The fraction of sp³-hybridized carbons (Fsp3) is 0.111. The molecule has 1 N–H and O–H groups in total. The van der Waals surface area contributed by atoms with E-state index >= 15 is 0 Å². The molecule has 2 aromatic carbocycles. The predicted molar refractivity (Wildman–Crippen MR) is 96.5 cm³/mol. The molecular weight excluding hydrogens is 349 g/mol. The highest BCUT2D eigenvalue weighted by atomic mass is 35.5. The lowest BCUT2D eigenvalue weighted by atomic mass is 10.2. The topological polar surface area (TPSA) is 55.4 Å². The third-order valence-electron chi connectivity index (χ3n) is 3.04. The molecule has 0 fully saturated rings. The minimum atomic E-state index is -0.438. The lowest BCUT2D eigenvalue weighted by Gasteiger charge is -2.06. The van der Waals surface area contributed by atoms with E-state index < -0.39 is 5.97 Å². The van der Waals surface area contributed by atoms with Crippen LogP contribution in [0.3, 0.4) is 0 Å². The van der Waals surface area contributed by atoms with Crippen LogP contribution in [0.1, 0.15) is 22.8 Å². The molecule has 2 aromatic rings. The third-order valence-corrected chi connectivity index (χ3v) is 3.70. The van der Waals surface area contributed by atoms with Crippen LogP contribution in [0, 0.1) is 0 Å². The molecule has 1 amide bonds. The van der Waals surface area contributed by atoms with Crippen molar-refractivity contribution in [1.29, 1.82) is 0 Å². The van der Waals surface area contributed by atoms with Gasteiger partial charge in [0.2, 0.25) is 5.91 Å². The number of carbonyl (C=O) groups is 2. The van der Waals surface area contributed by atoms with Crippen LogP contribution in [0.4, 0.5) is 5.69 Å². The van der Waals surface area contributed by atoms with Crippen LogP contribution < -0.4 is 5.32 Å². The van der Waals surface area contributed by atoms with Crippen molar-refractivity contribution in [2.24, 2.45) is 0 Å². The molecule has 0 saturated heterocycles. The summed E-state index contributed by atoms with van der Waals surface area (Å²) in [6.07, 6.45) is 2.86. The number of hydrogen-bond acceptors (Lipinski definition) is 3. The maximum atomic E-state index is 12.0. The number of carbonyl (C=O) groups excluding carboxylic acids is 2. The van der Waals surface area contributed by atoms with Crippen LogP contribution in [0.25, 0.3) is 6.08 Å². The summed E-state index contributed by atoms with van der Waals surface area (Å²) in [7, 11) is 0. The average Bonchev–Trinajstić information content (AvgIpc) is 2.55. The Hall–Kier alpha value is -2.30. The van der Waals surface area contributed by atoms with Gasteiger partial charge in [0.05, 0.1) is 12.2 Å². The molecule has 0 aliphatic heterocycles. The van der Waals surface area contributed by atoms with Crippen molar-refractivity contribution in [2.75, 3.05) is 11.9 Å². The summed E-state index contributed by atoms with van der Waals surface area (Å²) in [5, 5.41) is 3.58. The fourth-order valence-electron chi connectivity index (χ4n) is 1.95. The predicted octanol–water partition coefficient (Wildman–Crippen LogP) is 4.82. The van der Waals surface area contributed by atoms with E-state index in [-0.39, 0.29) is 12.5 Å². The van der Waals surface area contributed by atoms with Gasteiger partial charge in [-0.1, -0.05) is 35.3 Å². The maximum Gasteiger partial charge on any atom is 0.338 e. The molecule has 0 radical (unpaired) electrons. The van der Waals surface area contributed by atoms with Gasteiger partial charge >= 0.3 is 5.97 Å². The Morgan fingerprint density at radius 1 is 1.12 bits per heavy atom. The van der Waals surface area contributed by atoms with Gasteiger partial charge in [0.15, 0.2) is 0 Å². The van der Waals surface area contributed by atoms with Crippen molar-refractivity contribution in [3.8, 4) is 0 Å². The summed E-state index contributed by atoms with van der Waals surface area (Å²) in [6, 6.07) is 11.6. The van der Waals surface area contributed by atoms with Crippen molar-refractivity contribution in [2.45, 2.75) is 6.92 Å². The standard InChI is InChI=1S/C18H15Cl2NO3/c1-2-24-18(23)12-5-3-6-13(11-12)21-17(22)10-9-14-15(19)7-4-8-16(14)20/h3-11H,2H2,1H3,(H,21,22). The van der Waals surface area contributed by atoms with E-state index in [0.717, 1.165) is 0 Å². The number of esters is 1. The fourth-order valence-corrected chi connectivity index (χ4v) is 2.47.